The fraction of sp³-hybridized carbons (Fsp3) is 0.300. The van der Waals surface area contributed by atoms with Crippen LogP contribution in [-0.4, -0.2) is 34.3 Å². The standard InChI is InChI=1S/C10H11N5O4/c11-9-7(2-6(4-13-9)15(18)19)10(17)14-5-1-8(16)12-3-5/h2,4-5H,1,3H2,(H2,11,13)(H,12,16)(H,14,17). The number of anilines is 1. The number of nitrogens with zero attached hydrogens (tertiary/aromatic N) is 2. The highest BCUT2D eigenvalue weighted by molar-refractivity contribution is 5.99. The third-order valence-electron chi connectivity index (χ3n) is 2.67. The van der Waals surface area contributed by atoms with Gasteiger partial charge in [-0.05, 0) is 0 Å². The fourth-order valence-corrected chi connectivity index (χ4v) is 1.72. The van der Waals surface area contributed by atoms with Crippen molar-refractivity contribution in [3.05, 3.63) is 27.9 Å². The SMILES string of the molecule is Nc1ncc([N+](=O)[O-])cc1C(=O)NC1CNC(=O)C1. The number of rotatable bonds is 3. The number of carbonyl (C=O) groups is 2. The van der Waals surface area contributed by atoms with Gasteiger partial charge in [-0.25, -0.2) is 4.98 Å². The van der Waals surface area contributed by atoms with E-state index in [2.05, 4.69) is 15.6 Å². The molecular weight excluding hydrogens is 254 g/mol. The van der Waals surface area contributed by atoms with E-state index in [1.54, 1.807) is 0 Å². The van der Waals surface area contributed by atoms with Crippen molar-refractivity contribution in [3.63, 3.8) is 0 Å². The van der Waals surface area contributed by atoms with E-state index in [1.807, 2.05) is 0 Å². The Labute approximate surface area is 107 Å². The normalized spacial score (nSPS) is 17.9. The number of aromatic nitrogens is 1. The van der Waals surface area contributed by atoms with Crippen LogP contribution in [0.15, 0.2) is 12.3 Å². The lowest BCUT2D eigenvalue weighted by molar-refractivity contribution is -0.385. The number of hydrogen-bond donors (Lipinski definition) is 3. The maximum atomic E-state index is 11.9. The Bertz CT molecular complexity index is 559. The Morgan fingerprint density at radius 2 is 2.37 bits per heavy atom. The van der Waals surface area contributed by atoms with E-state index in [1.165, 1.54) is 0 Å². The van der Waals surface area contributed by atoms with Crippen LogP contribution in [0, 0.1) is 10.1 Å². The van der Waals surface area contributed by atoms with Crippen molar-refractivity contribution in [2.24, 2.45) is 0 Å². The van der Waals surface area contributed by atoms with Gasteiger partial charge in [-0.15, -0.1) is 0 Å². The van der Waals surface area contributed by atoms with Gasteiger partial charge in [0.1, 0.15) is 12.0 Å². The van der Waals surface area contributed by atoms with Gasteiger partial charge in [0.05, 0.1) is 16.5 Å². The summed E-state index contributed by atoms with van der Waals surface area (Å²) in [4.78, 5) is 36.5. The molecule has 0 bridgehead atoms. The number of hydrogen-bond acceptors (Lipinski definition) is 6. The van der Waals surface area contributed by atoms with Gasteiger partial charge in [0, 0.05) is 19.0 Å². The second-order valence-electron chi connectivity index (χ2n) is 4.06. The minimum absolute atomic E-state index is 0.0754. The van der Waals surface area contributed by atoms with Crippen LogP contribution in [0.5, 0.6) is 0 Å². The van der Waals surface area contributed by atoms with Gasteiger partial charge in [0.25, 0.3) is 11.6 Å². The van der Waals surface area contributed by atoms with E-state index in [4.69, 9.17) is 5.73 Å². The molecule has 2 heterocycles. The van der Waals surface area contributed by atoms with E-state index in [9.17, 15) is 19.7 Å². The summed E-state index contributed by atoms with van der Waals surface area (Å²) in [6.07, 6.45) is 1.15. The molecule has 1 aromatic rings. The Morgan fingerprint density at radius 1 is 1.63 bits per heavy atom. The average Bonchev–Trinajstić information content (AvgIpc) is 2.74. The summed E-state index contributed by atoms with van der Waals surface area (Å²) in [7, 11) is 0. The number of pyridine rings is 1. The Kier molecular flexibility index (Phi) is 3.27. The van der Waals surface area contributed by atoms with Gasteiger partial charge in [0.15, 0.2) is 0 Å². The van der Waals surface area contributed by atoms with Crippen LogP contribution in [0.4, 0.5) is 11.5 Å². The van der Waals surface area contributed by atoms with Crippen molar-refractivity contribution in [2.75, 3.05) is 12.3 Å². The summed E-state index contributed by atoms with van der Waals surface area (Å²) in [5.41, 5.74) is 5.12. The van der Waals surface area contributed by atoms with Crippen LogP contribution in [0.25, 0.3) is 0 Å². The molecule has 1 unspecified atom stereocenters. The van der Waals surface area contributed by atoms with E-state index in [0.717, 1.165) is 12.3 Å². The maximum absolute atomic E-state index is 11.9. The lowest BCUT2D eigenvalue weighted by atomic mass is 10.2. The molecule has 1 aliphatic rings. The van der Waals surface area contributed by atoms with Gasteiger partial charge < -0.3 is 16.4 Å². The largest absolute Gasteiger partial charge is 0.383 e. The van der Waals surface area contributed by atoms with Gasteiger partial charge >= 0.3 is 0 Å². The highest BCUT2D eigenvalue weighted by Crippen LogP contribution is 2.17. The molecule has 9 heteroatoms. The third-order valence-corrected chi connectivity index (χ3v) is 2.67. The Morgan fingerprint density at radius 3 is 2.95 bits per heavy atom. The van der Waals surface area contributed by atoms with E-state index < -0.39 is 10.8 Å². The predicted molar refractivity (Wildman–Crippen MR) is 64.2 cm³/mol. The second-order valence-corrected chi connectivity index (χ2v) is 4.06. The molecule has 100 valence electrons. The average molecular weight is 265 g/mol. The number of carbonyl (C=O) groups excluding carboxylic acids is 2. The number of nitrogens with one attached hydrogen (secondary N) is 2. The highest BCUT2D eigenvalue weighted by Gasteiger charge is 2.25. The highest BCUT2D eigenvalue weighted by atomic mass is 16.6. The fourth-order valence-electron chi connectivity index (χ4n) is 1.72. The van der Waals surface area contributed by atoms with E-state index in [0.29, 0.717) is 6.54 Å². The van der Waals surface area contributed by atoms with Crippen LogP contribution >= 0.6 is 0 Å². The quantitative estimate of drug-likeness (QED) is 0.482. The second kappa shape index (κ2) is 4.88. The summed E-state index contributed by atoms with van der Waals surface area (Å²) in [6.45, 7) is 0.326. The molecule has 0 aromatic carbocycles. The summed E-state index contributed by atoms with van der Waals surface area (Å²) >= 11 is 0. The molecule has 0 spiro atoms. The van der Waals surface area contributed by atoms with E-state index in [-0.39, 0.29) is 35.4 Å². The molecule has 1 aromatic heterocycles. The Balaban J connectivity index is 2.16. The predicted octanol–water partition coefficient (Wildman–Crippen LogP) is -0.810. The molecule has 19 heavy (non-hydrogen) atoms. The number of nitrogens with two attached hydrogens (primary N) is 1. The minimum atomic E-state index is -0.663. The molecule has 2 rings (SSSR count). The first-order chi connectivity index (χ1) is 8.97. The van der Waals surface area contributed by atoms with Crippen molar-refractivity contribution >= 4 is 23.3 Å². The van der Waals surface area contributed by atoms with Crippen molar-refractivity contribution in [1.82, 2.24) is 15.6 Å². The molecule has 1 fully saturated rings. The molecule has 0 radical (unpaired) electrons. The lowest BCUT2D eigenvalue weighted by Gasteiger charge is -2.11. The van der Waals surface area contributed by atoms with Crippen LogP contribution in [0.1, 0.15) is 16.8 Å². The first-order valence-corrected chi connectivity index (χ1v) is 5.45. The number of nitrogen functional groups attached to an aromatic ring is 1. The zero-order valence-corrected chi connectivity index (χ0v) is 9.75. The summed E-state index contributed by atoms with van der Waals surface area (Å²) in [5, 5.41) is 15.7. The molecule has 1 aliphatic heterocycles. The van der Waals surface area contributed by atoms with Crippen LogP contribution in [0.3, 0.4) is 0 Å². The summed E-state index contributed by atoms with van der Waals surface area (Å²) < 4.78 is 0. The Hall–Kier alpha value is -2.71. The van der Waals surface area contributed by atoms with Crippen LogP contribution in [-0.2, 0) is 4.79 Å². The molecule has 1 saturated heterocycles. The van der Waals surface area contributed by atoms with Crippen molar-refractivity contribution in [3.8, 4) is 0 Å². The van der Waals surface area contributed by atoms with Gasteiger partial charge in [-0.1, -0.05) is 0 Å². The molecule has 2 amide bonds. The summed E-state index contributed by atoms with van der Waals surface area (Å²) in [5.74, 6) is -0.842. The maximum Gasteiger partial charge on any atom is 0.288 e. The molecular formula is C10H11N5O4. The minimum Gasteiger partial charge on any atom is -0.383 e. The van der Waals surface area contributed by atoms with E-state index >= 15 is 0 Å². The first kappa shape index (κ1) is 12.7. The number of nitro groups is 1. The van der Waals surface area contributed by atoms with Crippen molar-refractivity contribution in [1.29, 1.82) is 0 Å². The van der Waals surface area contributed by atoms with Gasteiger partial charge in [-0.2, -0.15) is 0 Å². The topological polar surface area (TPSA) is 140 Å². The van der Waals surface area contributed by atoms with Crippen molar-refractivity contribution < 1.29 is 14.5 Å². The van der Waals surface area contributed by atoms with Gasteiger partial charge in [-0.3, -0.25) is 19.7 Å². The third kappa shape index (κ3) is 2.76. The monoisotopic (exact) mass is 265 g/mol. The molecule has 0 saturated carbocycles. The molecule has 0 aliphatic carbocycles. The molecule has 9 nitrogen and oxygen atoms in total. The lowest BCUT2D eigenvalue weighted by Crippen LogP contribution is -2.36. The van der Waals surface area contributed by atoms with Crippen LogP contribution < -0.4 is 16.4 Å². The molecule has 4 N–H and O–H groups in total. The number of amides is 2. The van der Waals surface area contributed by atoms with Crippen LogP contribution in [0.2, 0.25) is 0 Å². The smallest absolute Gasteiger partial charge is 0.288 e. The van der Waals surface area contributed by atoms with Crippen molar-refractivity contribution in [2.45, 2.75) is 12.5 Å². The zero-order valence-electron chi connectivity index (χ0n) is 9.75. The summed E-state index contributed by atoms with van der Waals surface area (Å²) in [6, 6.07) is 0.709. The molecule has 1 atom stereocenters. The first-order valence-electron chi connectivity index (χ1n) is 5.45. The zero-order chi connectivity index (χ0) is 14.0. The van der Waals surface area contributed by atoms with Gasteiger partial charge in [0.2, 0.25) is 5.91 Å².